The maximum Gasteiger partial charge on any atom is 0.265 e. The van der Waals surface area contributed by atoms with Crippen molar-refractivity contribution in [2.24, 2.45) is 0 Å². The lowest BCUT2D eigenvalue weighted by atomic mass is 10.2. The Morgan fingerprint density at radius 2 is 1.84 bits per heavy atom. The predicted molar refractivity (Wildman–Crippen MR) is 97.2 cm³/mol. The molecule has 2 rings (SSSR count). The molecule has 0 aliphatic rings. The van der Waals surface area contributed by atoms with Crippen molar-refractivity contribution in [1.82, 2.24) is 0 Å². The Morgan fingerprint density at radius 3 is 2.48 bits per heavy atom. The number of nitrogens with one attached hydrogen (secondary N) is 2. The van der Waals surface area contributed by atoms with Crippen molar-refractivity contribution in [3.63, 3.8) is 0 Å². The standard InChI is InChI=1S/C19H22N2O4/c1-12-6-5-7-16(10-12)25-13(2)19(23)21-17-11-15(20-14(3)22)8-9-18(17)24-4/h5-11,13H,1-4H3,(H,20,22)(H,21,23). The summed E-state index contributed by atoms with van der Waals surface area (Å²) in [5.41, 5.74) is 2.07. The molecule has 2 aromatic carbocycles. The monoisotopic (exact) mass is 342 g/mol. The zero-order chi connectivity index (χ0) is 18.4. The van der Waals surface area contributed by atoms with Gasteiger partial charge in [0.05, 0.1) is 12.8 Å². The van der Waals surface area contributed by atoms with E-state index in [1.54, 1.807) is 31.2 Å². The number of carbonyl (C=O) groups is 2. The smallest absolute Gasteiger partial charge is 0.265 e. The van der Waals surface area contributed by atoms with Gasteiger partial charge >= 0.3 is 0 Å². The van der Waals surface area contributed by atoms with Gasteiger partial charge in [0, 0.05) is 12.6 Å². The largest absolute Gasteiger partial charge is 0.495 e. The summed E-state index contributed by atoms with van der Waals surface area (Å²) in [6.45, 7) is 5.04. The molecular weight excluding hydrogens is 320 g/mol. The lowest BCUT2D eigenvalue weighted by Crippen LogP contribution is -2.30. The van der Waals surface area contributed by atoms with Crippen molar-refractivity contribution >= 4 is 23.2 Å². The van der Waals surface area contributed by atoms with Crippen LogP contribution < -0.4 is 20.1 Å². The Labute approximate surface area is 147 Å². The average molecular weight is 342 g/mol. The third-order valence-corrected chi connectivity index (χ3v) is 3.45. The maximum absolute atomic E-state index is 12.4. The first-order valence-electron chi connectivity index (χ1n) is 7.89. The fourth-order valence-corrected chi connectivity index (χ4v) is 2.27. The molecule has 6 nitrogen and oxygen atoms in total. The van der Waals surface area contributed by atoms with Crippen molar-refractivity contribution in [3.8, 4) is 11.5 Å². The summed E-state index contributed by atoms with van der Waals surface area (Å²) in [4.78, 5) is 23.6. The fourth-order valence-electron chi connectivity index (χ4n) is 2.27. The Bertz CT molecular complexity index is 774. The Morgan fingerprint density at radius 1 is 1.08 bits per heavy atom. The number of rotatable bonds is 6. The van der Waals surface area contributed by atoms with Crippen LogP contribution in [0.15, 0.2) is 42.5 Å². The van der Waals surface area contributed by atoms with Gasteiger partial charge in [-0.15, -0.1) is 0 Å². The van der Waals surface area contributed by atoms with Crippen LogP contribution in [0.5, 0.6) is 11.5 Å². The number of benzene rings is 2. The minimum atomic E-state index is -0.698. The second-order valence-electron chi connectivity index (χ2n) is 5.66. The van der Waals surface area contributed by atoms with Gasteiger partial charge in [0.1, 0.15) is 11.5 Å². The van der Waals surface area contributed by atoms with Crippen molar-refractivity contribution in [2.45, 2.75) is 26.9 Å². The SMILES string of the molecule is COc1ccc(NC(C)=O)cc1NC(=O)C(C)Oc1cccc(C)c1. The molecule has 2 N–H and O–H groups in total. The van der Waals surface area contributed by atoms with Crippen LogP contribution in [-0.4, -0.2) is 25.0 Å². The van der Waals surface area contributed by atoms with E-state index < -0.39 is 6.10 Å². The van der Waals surface area contributed by atoms with Gasteiger partial charge in [-0.25, -0.2) is 0 Å². The number of ether oxygens (including phenoxy) is 2. The molecule has 0 radical (unpaired) electrons. The molecule has 25 heavy (non-hydrogen) atoms. The molecule has 0 fully saturated rings. The second-order valence-corrected chi connectivity index (χ2v) is 5.66. The van der Waals surface area contributed by atoms with E-state index in [1.165, 1.54) is 14.0 Å². The molecule has 0 bridgehead atoms. The van der Waals surface area contributed by atoms with Gasteiger partial charge in [0.2, 0.25) is 5.91 Å². The zero-order valence-corrected chi connectivity index (χ0v) is 14.8. The minimum absolute atomic E-state index is 0.196. The van der Waals surface area contributed by atoms with Gasteiger partial charge in [-0.2, -0.15) is 0 Å². The molecule has 0 aliphatic carbocycles. The third-order valence-electron chi connectivity index (χ3n) is 3.45. The highest BCUT2D eigenvalue weighted by Gasteiger charge is 2.17. The quantitative estimate of drug-likeness (QED) is 0.844. The number of amides is 2. The molecule has 0 saturated carbocycles. The Hall–Kier alpha value is -3.02. The van der Waals surface area contributed by atoms with Crippen LogP contribution in [0.1, 0.15) is 19.4 Å². The summed E-state index contributed by atoms with van der Waals surface area (Å²) in [5, 5.41) is 5.44. The van der Waals surface area contributed by atoms with Crippen LogP contribution in [0, 0.1) is 6.92 Å². The van der Waals surface area contributed by atoms with E-state index in [1.807, 2.05) is 25.1 Å². The third kappa shape index (κ3) is 5.24. The normalized spacial score (nSPS) is 11.4. The Kier molecular flexibility index (Phi) is 6.00. The topological polar surface area (TPSA) is 76.7 Å². The second kappa shape index (κ2) is 8.19. The first-order valence-corrected chi connectivity index (χ1v) is 7.89. The molecule has 2 amide bonds. The molecule has 1 unspecified atom stereocenters. The van der Waals surface area contributed by atoms with E-state index in [0.717, 1.165) is 5.56 Å². The molecular formula is C19H22N2O4. The van der Waals surface area contributed by atoms with E-state index in [-0.39, 0.29) is 11.8 Å². The lowest BCUT2D eigenvalue weighted by Gasteiger charge is -2.17. The van der Waals surface area contributed by atoms with Crippen LogP contribution in [0.2, 0.25) is 0 Å². The van der Waals surface area contributed by atoms with Crippen molar-refractivity contribution < 1.29 is 19.1 Å². The number of aryl methyl sites for hydroxylation is 1. The fraction of sp³-hybridized carbons (Fsp3) is 0.263. The molecule has 0 heterocycles. The van der Waals surface area contributed by atoms with E-state index >= 15 is 0 Å². The van der Waals surface area contributed by atoms with E-state index in [4.69, 9.17) is 9.47 Å². The van der Waals surface area contributed by atoms with Crippen molar-refractivity contribution in [2.75, 3.05) is 17.7 Å². The molecule has 1 atom stereocenters. The molecule has 0 saturated heterocycles. The van der Waals surface area contributed by atoms with E-state index in [9.17, 15) is 9.59 Å². The van der Waals surface area contributed by atoms with E-state index in [0.29, 0.717) is 22.9 Å². The number of anilines is 2. The molecule has 2 aromatic rings. The molecule has 0 aliphatic heterocycles. The van der Waals surface area contributed by atoms with Gasteiger partial charge in [-0.05, 0) is 49.7 Å². The van der Waals surface area contributed by atoms with Gasteiger partial charge in [0.15, 0.2) is 6.10 Å². The zero-order valence-electron chi connectivity index (χ0n) is 14.8. The van der Waals surface area contributed by atoms with Gasteiger partial charge in [-0.1, -0.05) is 12.1 Å². The molecule has 132 valence electrons. The number of carbonyl (C=O) groups excluding carboxylic acids is 2. The maximum atomic E-state index is 12.4. The van der Waals surface area contributed by atoms with Gasteiger partial charge in [0.25, 0.3) is 5.91 Å². The number of hydrogen-bond acceptors (Lipinski definition) is 4. The van der Waals surface area contributed by atoms with Crippen LogP contribution in [-0.2, 0) is 9.59 Å². The highest BCUT2D eigenvalue weighted by Crippen LogP contribution is 2.28. The Balaban J connectivity index is 2.11. The molecule has 0 aromatic heterocycles. The van der Waals surface area contributed by atoms with Crippen molar-refractivity contribution in [3.05, 3.63) is 48.0 Å². The predicted octanol–water partition coefficient (Wildman–Crippen LogP) is 3.37. The summed E-state index contributed by atoms with van der Waals surface area (Å²) in [7, 11) is 1.51. The average Bonchev–Trinajstić information content (AvgIpc) is 2.54. The first kappa shape index (κ1) is 18.3. The highest BCUT2D eigenvalue weighted by atomic mass is 16.5. The number of methoxy groups -OCH3 is 1. The highest BCUT2D eigenvalue weighted by molar-refractivity contribution is 5.97. The first-order chi connectivity index (χ1) is 11.9. The van der Waals surface area contributed by atoms with E-state index in [2.05, 4.69) is 10.6 Å². The summed E-state index contributed by atoms with van der Waals surface area (Å²) in [6, 6.07) is 12.5. The lowest BCUT2D eigenvalue weighted by molar-refractivity contribution is -0.122. The summed E-state index contributed by atoms with van der Waals surface area (Å²) < 4.78 is 10.9. The summed E-state index contributed by atoms with van der Waals surface area (Å²) in [5.74, 6) is 0.602. The van der Waals surface area contributed by atoms with Crippen LogP contribution >= 0.6 is 0 Å². The van der Waals surface area contributed by atoms with Crippen LogP contribution in [0.4, 0.5) is 11.4 Å². The summed E-state index contributed by atoms with van der Waals surface area (Å²) >= 11 is 0. The number of hydrogen-bond donors (Lipinski definition) is 2. The van der Waals surface area contributed by atoms with Gasteiger partial charge in [-0.3, -0.25) is 9.59 Å². The van der Waals surface area contributed by atoms with Gasteiger partial charge < -0.3 is 20.1 Å². The van der Waals surface area contributed by atoms with Crippen LogP contribution in [0.25, 0.3) is 0 Å². The molecule has 0 spiro atoms. The minimum Gasteiger partial charge on any atom is -0.495 e. The molecule has 6 heteroatoms. The summed E-state index contributed by atoms with van der Waals surface area (Å²) in [6.07, 6.45) is -0.698. The van der Waals surface area contributed by atoms with Crippen molar-refractivity contribution in [1.29, 1.82) is 0 Å². The van der Waals surface area contributed by atoms with Crippen LogP contribution in [0.3, 0.4) is 0 Å².